The Balaban J connectivity index is 1.38. The fraction of sp³-hybridized carbons (Fsp3) is 0.267. The summed E-state index contributed by atoms with van der Waals surface area (Å²) < 4.78 is 8.70. The Morgan fingerprint density at radius 3 is 2.51 bits per heavy atom. The van der Waals surface area contributed by atoms with E-state index in [-0.39, 0.29) is 50.0 Å². The standard InChI is InChI=1S/C30H31BrCl2N6O6/c1-18-27(31)39-10-4-7-24(28(39)35-18)45-17-21-22(32)8-9-23(26(21)33)37(2)25(42)16-34-30(44)36-20-6-3-5-19(15-20)29(43)38(11-13-40)12-14-41/h3-10,15,40-41H,11-14,16-17H2,1-2H3,(H2,34,36,44). The Kier molecular flexibility index (Phi) is 11.6. The molecule has 4 aromatic rings. The maximum Gasteiger partial charge on any atom is 0.319 e. The van der Waals surface area contributed by atoms with Gasteiger partial charge in [-0.05, 0) is 65.3 Å². The van der Waals surface area contributed by atoms with Gasteiger partial charge in [-0.1, -0.05) is 29.3 Å². The number of likely N-dealkylation sites (N-methyl/N-ethyl adjacent to an activating group) is 1. The number of urea groups is 1. The van der Waals surface area contributed by atoms with Gasteiger partial charge in [0.1, 0.15) is 11.2 Å². The van der Waals surface area contributed by atoms with E-state index in [2.05, 4.69) is 31.5 Å². The number of aliphatic hydroxyl groups excluding tert-OH is 2. The van der Waals surface area contributed by atoms with Gasteiger partial charge >= 0.3 is 6.03 Å². The summed E-state index contributed by atoms with van der Waals surface area (Å²) in [5, 5.41) is 24.1. The molecule has 0 saturated carbocycles. The first-order valence-corrected chi connectivity index (χ1v) is 15.3. The molecule has 0 bridgehead atoms. The van der Waals surface area contributed by atoms with Gasteiger partial charge in [0.05, 0.1) is 36.2 Å². The molecule has 2 aromatic carbocycles. The summed E-state index contributed by atoms with van der Waals surface area (Å²) in [5.41, 5.74) is 2.82. The number of nitrogens with zero attached hydrogens (tertiary/aromatic N) is 4. The first kappa shape index (κ1) is 34.0. The van der Waals surface area contributed by atoms with Gasteiger partial charge in [-0.2, -0.15) is 0 Å². The zero-order valence-electron chi connectivity index (χ0n) is 24.4. The van der Waals surface area contributed by atoms with E-state index in [4.69, 9.17) is 27.9 Å². The summed E-state index contributed by atoms with van der Waals surface area (Å²) >= 11 is 16.7. The summed E-state index contributed by atoms with van der Waals surface area (Å²) in [6.07, 6.45) is 1.86. The van der Waals surface area contributed by atoms with Crippen LogP contribution in [0.5, 0.6) is 5.75 Å². The van der Waals surface area contributed by atoms with Gasteiger partial charge in [-0.3, -0.25) is 14.0 Å². The number of halogens is 3. The third-order valence-electron chi connectivity index (χ3n) is 6.78. The predicted octanol–water partition coefficient (Wildman–Crippen LogP) is 4.50. The van der Waals surface area contributed by atoms with Gasteiger partial charge in [0.25, 0.3) is 5.91 Å². The number of anilines is 2. The highest BCUT2D eigenvalue weighted by atomic mass is 79.9. The van der Waals surface area contributed by atoms with Crippen molar-refractivity contribution < 1.29 is 29.3 Å². The number of aliphatic hydroxyl groups is 2. The molecular formula is C30H31BrCl2N6O6. The first-order chi connectivity index (χ1) is 21.5. The van der Waals surface area contributed by atoms with Gasteiger partial charge in [-0.25, -0.2) is 9.78 Å². The monoisotopic (exact) mass is 720 g/mol. The summed E-state index contributed by atoms with van der Waals surface area (Å²) in [7, 11) is 1.52. The van der Waals surface area contributed by atoms with Gasteiger partial charge < -0.3 is 35.4 Å². The molecule has 238 valence electrons. The van der Waals surface area contributed by atoms with Gasteiger partial charge in [-0.15, -0.1) is 0 Å². The molecule has 4 rings (SSSR count). The molecule has 2 heterocycles. The number of benzene rings is 2. The summed E-state index contributed by atoms with van der Waals surface area (Å²) in [4.78, 5) is 45.4. The van der Waals surface area contributed by atoms with Crippen LogP contribution < -0.4 is 20.3 Å². The molecule has 0 unspecified atom stereocenters. The molecule has 0 aliphatic carbocycles. The predicted molar refractivity (Wildman–Crippen MR) is 175 cm³/mol. The van der Waals surface area contributed by atoms with Crippen LogP contribution in [0.2, 0.25) is 10.0 Å². The molecule has 15 heteroatoms. The number of carbonyl (C=O) groups excluding carboxylic acids is 3. The normalized spacial score (nSPS) is 10.9. The molecule has 0 aliphatic rings. The van der Waals surface area contributed by atoms with Crippen molar-refractivity contribution in [2.75, 3.05) is 50.1 Å². The first-order valence-electron chi connectivity index (χ1n) is 13.7. The number of hydrogen-bond donors (Lipinski definition) is 4. The molecular weight excluding hydrogens is 691 g/mol. The number of aryl methyl sites for hydroxylation is 1. The lowest BCUT2D eigenvalue weighted by molar-refractivity contribution is -0.117. The highest BCUT2D eigenvalue weighted by Gasteiger charge is 2.21. The largest absolute Gasteiger partial charge is 0.485 e. The molecule has 12 nitrogen and oxygen atoms in total. The van der Waals surface area contributed by atoms with E-state index >= 15 is 0 Å². The van der Waals surface area contributed by atoms with E-state index in [1.807, 2.05) is 23.6 Å². The highest BCUT2D eigenvalue weighted by Crippen LogP contribution is 2.35. The topological polar surface area (TPSA) is 149 Å². The minimum atomic E-state index is -0.671. The van der Waals surface area contributed by atoms with Crippen LogP contribution in [0.25, 0.3) is 5.65 Å². The van der Waals surface area contributed by atoms with Crippen LogP contribution in [0.3, 0.4) is 0 Å². The van der Waals surface area contributed by atoms with Crippen LogP contribution in [0.1, 0.15) is 21.6 Å². The SMILES string of the molecule is Cc1nc2c(OCc3c(Cl)ccc(N(C)C(=O)CNC(=O)Nc4cccc(C(=O)N(CCO)CCO)c4)c3Cl)cccn2c1Br. The summed E-state index contributed by atoms with van der Waals surface area (Å²) in [6, 6.07) is 12.3. The van der Waals surface area contributed by atoms with Crippen molar-refractivity contribution in [3.8, 4) is 5.75 Å². The lowest BCUT2D eigenvalue weighted by atomic mass is 10.1. The fourth-order valence-corrected chi connectivity index (χ4v) is 5.40. The summed E-state index contributed by atoms with van der Waals surface area (Å²) in [6.45, 7) is 1.12. The number of ether oxygens (including phenoxy) is 1. The fourth-order valence-electron chi connectivity index (χ4n) is 4.42. The van der Waals surface area contributed by atoms with Crippen LogP contribution in [-0.4, -0.2) is 82.2 Å². The molecule has 0 aliphatic heterocycles. The van der Waals surface area contributed by atoms with Crippen LogP contribution in [-0.2, 0) is 11.4 Å². The molecule has 2 aromatic heterocycles. The lowest BCUT2D eigenvalue weighted by Crippen LogP contribution is -2.40. The average Bonchev–Trinajstić information content (AvgIpc) is 3.32. The molecule has 4 N–H and O–H groups in total. The summed E-state index contributed by atoms with van der Waals surface area (Å²) in [5.74, 6) is -0.354. The van der Waals surface area contributed by atoms with E-state index in [1.54, 1.807) is 36.4 Å². The minimum Gasteiger partial charge on any atom is -0.485 e. The van der Waals surface area contributed by atoms with Gasteiger partial charge in [0.15, 0.2) is 11.4 Å². The van der Waals surface area contributed by atoms with Gasteiger partial charge in [0.2, 0.25) is 5.91 Å². The minimum absolute atomic E-state index is 0.0106. The Morgan fingerprint density at radius 1 is 1.07 bits per heavy atom. The Labute approximate surface area is 277 Å². The van der Waals surface area contributed by atoms with E-state index in [1.165, 1.54) is 22.9 Å². The highest BCUT2D eigenvalue weighted by molar-refractivity contribution is 9.10. The quantitative estimate of drug-likeness (QED) is 0.168. The number of aromatic nitrogens is 2. The Morgan fingerprint density at radius 2 is 1.80 bits per heavy atom. The smallest absolute Gasteiger partial charge is 0.319 e. The zero-order chi connectivity index (χ0) is 32.7. The van der Waals surface area contributed by atoms with Crippen LogP contribution in [0, 0.1) is 6.92 Å². The maximum atomic E-state index is 13.0. The molecule has 45 heavy (non-hydrogen) atoms. The number of imidazole rings is 1. The van der Waals surface area contributed by atoms with Crippen LogP contribution in [0.4, 0.5) is 16.2 Å². The number of pyridine rings is 1. The Bertz CT molecular complexity index is 1710. The van der Waals surface area contributed by atoms with Crippen molar-refractivity contribution >= 4 is 74.0 Å². The van der Waals surface area contributed by atoms with Crippen LogP contribution >= 0.6 is 39.1 Å². The van der Waals surface area contributed by atoms with Gasteiger partial charge in [0, 0.05) is 48.2 Å². The van der Waals surface area contributed by atoms with E-state index in [0.717, 1.165) is 10.3 Å². The van der Waals surface area contributed by atoms with Crippen molar-refractivity contribution in [3.05, 3.63) is 86.2 Å². The zero-order valence-corrected chi connectivity index (χ0v) is 27.5. The van der Waals surface area contributed by atoms with Crippen molar-refractivity contribution in [1.29, 1.82) is 0 Å². The number of nitrogens with one attached hydrogen (secondary N) is 2. The molecule has 4 amide bonds. The maximum absolute atomic E-state index is 13.0. The number of rotatable bonds is 12. The molecule has 0 spiro atoms. The number of hydrogen-bond acceptors (Lipinski definition) is 7. The second-order valence-corrected chi connectivity index (χ2v) is 11.3. The van der Waals surface area contributed by atoms with Crippen molar-refractivity contribution in [2.45, 2.75) is 13.5 Å². The van der Waals surface area contributed by atoms with E-state index in [9.17, 15) is 24.6 Å². The van der Waals surface area contributed by atoms with E-state index < -0.39 is 17.8 Å². The molecule has 0 radical (unpaired) electrons. The molecule has 0 atom stereocenters. The van der Waals surface area contributed by atoms with Crippen molar-refractivity contribution in [3.63, 3.8) is 0 Å². The molecule has 0 saturated heterocycles. The average molecular weight is 722 g/mol. The number of amides is 4. The van der Waals surface area contributed by atoms with Crippen molar-refractivity contribution in [2.24, 2.45) is 0 Å². The Hall–Kier alpha value is -3.88. The van der Waals surface area contributed by atoms with Crippen molar-refractivity contribution in [1.82, 2.24) is 19.6 Å². The van der Waals surface area contributed by atoms with Crippen LogP contribution in [0.15, 0.2) is 59.3 Å². The second-order valence-electron chi connectivity index (χ2n) is 9.78. The number of fused-ring (bicyclic) bond motifs is 1. The van der Waals surface area contributed by atoms with E-state index in [0.29, 0.717) is 33.4 Å². The number of carbonyl (C=O) groups is 3. The third-order valence-corrected chi connectivity index (χ3v) is 8.51. The second kappa shape index (κ2) is 15.4. The molecule has 0 fully saturated rings. The third kappa shape index (κ3) is 8.05. The lowest BCUT2D eigenvalue weighted by Gasteiger charge is -2.21.